The second kappa shape index (κ2) is 10.2. The Labute approximate surface area is 136 Å². The standard InChI is InChI=1S/C17H25NO5/c19-10-11-21-12-13-22-16-6-8-18(9-7-16)17(20)23-14-15-4-2-1-3-5-15/h1-5,16,19H,6-14H2. The van der Waals surface area contributed by atoms with Crippen molar-refractivity contribution in [2.45, 2.75) is 25.6 Å². The molecule has 0 radical (unpaired) electrons. The van der Waals surface area contributed by atoms with E-state index in [0.717, 1.165) is 18.4 Å². The lowest BCUT2D eigenvalue weighted by atomic mass is 10.1. The lowest BCUT2D eigenvalue weighted by molar-refractivity contribution is -0.0262. The number of nitrogens with zero attached hydrogens (tertiary/aromatic N) is 1. The largest absolute Gasteiger partial charge is 0.445 e. The number of likely N-dealkylation sites (tertiary alicyclic amines) is 1. The van der Waals surface area contributed by atoms with Crippen LogP contribution in [0.1, 0.15) is 18.4 Å². The predicted molar refractivity (Wildman–Crippen MR) is 85.1 cm³/mol. The molecule has 0 spiro atoms. The first-order chi connectivity index (χ1) is 11.3. The lowest BCUT2D eigenvalue weighted by Crippen LogP contribution is -2.41. The second-order valence-corrected chi connectivity index (χ2v) is 5.43. The zero-order valence-electron chi connectivity index (χ0n) is 13.4. The Hall–Kier alpha value is -1.63. The number of hydrogen-bond donors (Lipinski definition) is 1. The molecular formula is C17H25NO5. The van der Waals surface area contributed by atoms with Crippen molar-refractivity contribution >= 4 is 6.09 Å². The molecular weight excluding hydrogens is 298 g/mol. The average molecular weight is 323 g/mol. The van der Waals surface area contributed by atoms with E-state index in [1.54, 1.807) is 4.90 Å². The van der Waals surface area contributed by atoms with E-state index in [1.165, 1.54) is 0 Å². The van der Waals surface area contributed by atoms with Gasteiger partial charge in [0.25, 0.3) is 0 Å². The summed E-state index contributed by atoms with van der Waals surface area (Å²) in [7, 11) is 0. The molecule has 1 aliphatic heterocycles. The smallest absolute Gasteiger partial charge is 0.410 e. The van der Waals surface area contributed by atoms with Gasteiger partial charge in [-0.15, -0.1) is 0 Å². The van der Waals surface area contributed by atoms with Crippen molar-refractivity contribution in [3.63, 3.8) is 0 Å². The van der Waals surface area contributed by atoms with Crippen molar-refractivity contribution in [1.29, 1.82) is 0 Å². The summed E-state index contributed by atoms with van der Waals surface area (Å²) in [6.07, 6.45) is 1.51. The molecule has 0 aromatic heterocycles. The van der Waals surface area contributed by atoms with Gasteiger partial charge in [-0.1, -0.05) is 30.3 Å². The molecule has 2 rings (SSSR count). The van der Waals surface area contributed by atoms with E-state index in [4.69, 9.17) is 19.3 Å². The quantitative estimate of drug-likeness (QED) is 0.739. The number of amides is 1. The van der Waals surface area contributed by atoms with E-state index in [9.17, 15) is 4.79 Å². The average Bonchev–Trinajstić information content (AvgIpc) is 2.61. The van der Waals surface area contributed by atoms with Crippen LogP contribution in [0.3, 0.4) is 0 Å². The molecule has 1 aromatic carbocycles. The fourth-order valence-electron chi connectivity index (χ4n) is 2.46. The van der Waals surface area contributed by atoms with Crippen LogP contribution in [0.5, 0.6) is 0 Å². The number of hydrogen-bond acceptors (Lipinski definition) is 5. The van der Waals surface area contributed by atoms with Crippen molar-refractivity contribution in [3.05, 3.63) is 35.9 Å². The molecule has 0 bridgehead atoms. The van der Waals surface area contributed by atoms with Gasteiger partial charge < -0.3 is 24.2 Å². The molecule has 0 atom stereocenters. The first kappa shape index (κ1) is 17.7. The maximum Gasteiger partial charge on any atom is 0.410 e. The number of piperidine rings is 1. The third kappa shape index (κ3) is 6.56. The second-order valence-electron chi connectivity index (χ2n) is 5.43. The molecule has 1 fully saturated rings. The minimum atomic E-state index is -0.265. The van der Waals surface area contributed by atoms with Gasteiger partial charge in [0.1, 0.15) is 6.61 Å². The predicted octanol–water partition coefficient (Wildman–Crippen LogP) is 1.81. The molecule has 6 heteroatoms. The fourth-order valence-corrected chi connectivity index (χ4v) is 2.46. The Balaban J connectivity index is 1.59. The Morgan fingerprint density at radius 1 is 1.13 bits per heavy atom. The molecule has 1 aliphatic rings. The number of aliphatic hydroxyl groups excluding tert-OH is 1. The normalized spacial score (nSPS) is 15.6. The van der Waals surface area contributed by atoms with Crippen molar-refractivity contribution in [3.8, 4) is 0 Å². The van der Waals surface area contributed by atoms with E-state index in [2.05, 4.69) is 0 Å². The van der Waals surface area contributed by atoms with E-state index in [1.807, 2.05) is 30.3 Å². The number of rotatable bonds is 8. The molecule has 1 saturated heterocycles. The van der Waals surface area contributed by atoms with Crippen LogP contribution in [-0.2, 0) is 20.8 Å². The zero-order valence-corrected chi connectivity index (χ0v) is 13.4. The summed E-state index contributed by atoms with van der Waals surface area (Å²) in [5.74, 6) is 0. The van der Waals surface area contributed by atoms with Crippen molar-refractivity contribution < 1.29 is 24.1 Å². The number of benzene rings is 1. The van der Waals surface area contributed by atoms with Gasteiger partial charge in [0.05, 0.1) is 32.5 Å². The highest BCUT2D eigenvalue weighted by Gasteiger charge is 2.24. The van der Waals surface area contributed by atoms with Crippen molar-refractivity contribution in [1.82, 2.24) is 4.90 Å². The summed E-state index contributed by atoms with van der Waals surface area (Å²) in [5.41, 5.74) is 0.988. The minimum absolute atomic E-state index is 0.0312. The van der Waals surface area contributed by atoms with Crippen LogP contribution in [0.25, 0.3) is 0 Å². The third-order valence-corrected chi connectivity index (χ3v) is 3.72. The molecule has 6 nitrogen and oxygen atoms in total. The lowest BCUT2D eigenvalue weighted by Gasteiger charge is -2.31. The maximum absolute atomic E-state index is 12.0. The van der Waals surface area contributed by atoms with Gasteiger partial charge in [0.15, 0.2) is 0 Å². The highest BCUT2D eigenvalue weighted by molar-refractivity contribution is 5.67. The summed E-state index contributed by atoms with van der Waals surface area (Å²) < 4.78 is 16.2. The van der Waals surface area contributed by atoms with Gasteiger partial charge in [-0.25, -0.2) is 4.79 Å². The highest BCUT2D eigenvalue weighted by atomic mass is 16.6. The van der Waals surface area contributed by atoms with Crippen LogP contribution < -0.4 is 0 Å². The molecule has 1 heterocycles. The molecule has 1 N–H and O–H groups in total. The first-order valence-electron chi connectivity index (χ1n) is 8.05. The zero-order chi connectivity index (χ0) is 16.3. The minimum Gasteiger partial charge on any atom is -0.445 e. The molecule has 1 amide bonds. The summed E-state index contributed by atoms with van der Waals surface area (Å²) in [4.78, 5) is 13.8. The summed E-state index contributed by atoms with van der Waals surface area (Å²) in [6, 6.07) is 9.66. The van der Waals surface area contributed by atoms with Crippen LogP contribution in [0.15, 0.2) is 30.3 Å². The first-order valence-corrected chi connectivity index (χ1v) is 8.05. The van der Waals surface area contributed by atoms with Crippen LogP contribution in [0.2, 0.25) is 0 Å². The fraction of sp³-hybridized carbons (Fsp3) is 0.588. The van der Waals surface area contributed by atoms with E-state index in [-0.39, 0.29) is 18.8 Å². The monoisotopic (exact) mass is 323 g/mol. The topological polar surface area (TPSA) is 68.2 Å². The number of ether oxygens (including phenoxy) is 3. The van der Waals surface area contributed by atoms with E-state index in [0.29, 0.717) is 39.5 Å². The third-order valence-electron chi connectivity index (χ3n) is 3.72. The van der Waals surface area contributed by atoms with Crippen molar-refractivity contribution in [2.75, 3.05) is 39.5 Å². The van der Waals surface area contributed by atoms with E-state index < -0.39 is 0 Å². The van der Waals surface area contributed by atoms with Crippen LogP contribution in [0, 0.1) is 0 Å². The molecule has 0 aliphatic carbocycles. The van der Waals surface area contributed by atoms with Gasteiger partial charge in [0, 0.05) is 13.1 Å². The number of carbonyl (C=O) groups is 1. The Morgan fingerprint density at radius 2 is 1.87 bits per heavy atom. The van der Waals surface area contributed by atoms with Crippen LogP contribution >= 0.6 is 0 Å². The van der Waals surface area contributed by atoms with Gasteiger partial charge in [0.2, 0.25) is 0 Å². The summed E-state index contributed by atoms with van der Waals surface area (Å²) in [6.45, 7) is 2.98. The summed E-state index contributed by atoms with van der Waals surface area (Å²) in [5, 5.41) is 8.60. The number of aliphatic hydroxyl groups is 1. The van der Waals surface area contributed by atoms with Gasteiger partial charge >= 0.3 is 6.09 Å². The Morgan fingerprint density at radius 3 is 2.57 bits per heavy atom. The number of carbonyl (C=O) groups excluding carboxylic acids is 1. The van der Waals surface area contributed by atoms with Crippen molar-refractivity contribution in [2.24, 2.45) is 0 Å². The van der Waals surface area contributed by atoms with Crippen LogP contribution in [0.4, 0.5) is 4.79 Å². The molecule has 1 aromatic rings. The molecule has 23 heavy (non-hydrogen) atoms. The van der Waals surface area contributed by atoms with Gasteiger partial charge in [-0.2, -0.15) is 0 Å². The molecule has 0 saturated carbocycles. The van der Waals surface area contributed by atoms with E-state index >= 15 is 0 Å². The summed E-state index contributed by atoms with van der Waals surface area (Å²) >= 11 is 0. The Bertz CT molecular complexity index is 446. The SMILES string of the molecule is O=C(OCc1ccccc1)N1CCC(OCCOCCO)CC1. The maximum atomic E-state index is 12.0. The Kier molecular flexibility index (Phi) is 7.86. The molecule has 0 unspecified atom stereocenters. The van der Waals surface area contributed by atoms with Gasteiger partial charge in [-0.3, -0.25) is 0 Å². The molecule has 128 valence electrons. The van der Waals surface area contributed by atoms with Gasteiger partial charge in [-0.05, 0) is 18.4 Å². The highest BCUT2D eigenvalue weighted by Crippen LogP contribution is 2.15. The van der Waals surface area contributed by atoms with Crippen LogP contribution in [-0.4, -0.2) is 61.7 Å².